The van der Waals surface area contributed by atoms with Gasteiger partial charge in [0.2, 0.25) is 5.82 Å². The first-order chi connectivity index (χ1) is 20.4. The van der Waals surface area contributed by atoms with Crippen molar-refractivity contribution >= 4 is 0 Å². The molecule has 0 N–H and O–H groups in total. The van der Waals surface area contributed by atoms with Gasteiger partial charge in [-0.2, -0.15) is 4.39 Å². The molecule has 0 atom stereocenters. The van der Waals surface area contributed by atoms with E-state index in [0.29, 0.717) is 17.5 Å². The highest BCUT2D eigenvalue weighted by Gasteiger charge is 2.27. The minimum Gasteiger partial charge on any atom is -0.490 e. The first-order valence-corrected chi connectivity index (χ1v) is 15.0. The first-order valence-electron chi connectivity index (χ1n) is 15.0. The lowest BCUT2D eigenvalue weighted by Gasteiger charge is -2.30. The van der Waals surface area contributed by atoms with E-state index in [1.165, 1.54) is 43.9 Å². The van der Waals surface area contributed by atoms with Gasteiger partial charge >= 0.3 is 0 Å². The molecule has 226 valence electrons. The van der Waals surface area contributed by atoms with Crippen LogP contribution in [0.25, 0.3) is 22.3 Å². The molecule has 1 aliphatic rings. The number of allylic oxidation sites excluding steroid dienone is 1. The Morgan fingerprint density at radius 3 is 1.98 bits per heavy atom. The van der Waals surface area contributed by atoms with Crippen molar-refractivity contribution in [2.75, 3.05) is 19.8 Å². The van der Waals surface area contributed by atoms with E-state index in [0.717, 1.165) is 19.3 Å². The van der Waals surface area contributed by atoms with Gasteiger partial charge in [0.15, 0.2) is 29.5 Å². The molecule has 3 nitrogen and oxygen atoms in total. The number of halogens is 4. The van der Waals surface area contributed by atoms with Crippen LogP contribution in [0.15, 0.2) is 60.7 Å². The Morgan fingerprint density at radius 2 is 1.33 bits per heavy atom. The summed E-state index contributed by atoms with van der Waals surface area (Å²) in [6.45, 7) is 4.84. The average Bonchev–Trinajstić information content (AvgIpc) is 3.01. The maximum atomic E-state index is 15.2. The van der Waals surface area contributed by atoms with Gasteiger partial charge in [0.25, 0.3) is 0 Å². The molecule has 1 aliphatic heterocycles. The molecule has 0 aliphatic carbocycles. The Balaban J connectivity index is 1.38. The van der Waals surface area contributed by atoms with Gasteiger partial charge in [-0.15, -0.1) is 0 Å². The lowest BCUT2D eigenvalue weighted by Crippen LogP contribution is -2.31. The van der Waals surface area contributed by atoms with E-state index < -0.39 is 29.2 Å². The highest BCUT2D eigenvalue weighted by atomic mass is 19.2. The van der Waals surface area contributed by atoms with E-state index in [2.05, 4.69) is 6.92 Å². The van der Waals surface area contributed by atoms with Crippen LogP contribution in [0.1, 0.15) is 76.7 Å². The van der Waals surface area contributed by atoms with Gasteiger partial charge in [0.05, 0.1) is 19.8 Å². The molecule has 1 saturated heterocycles. The van der Waals surface area contributed by atoms with Crippen molar-refractivity contribution in [1.29, 1.82) is 0 Å². The predicted molar refractivity (Wildman–Crippen MR) is 158 cm³/mol. The van der Waals surface area contributed by atoms with E-state index in [4.69, 9.17) is 14.2 Å². The van der Waals surface area contributed by atoms with Crippen molar-refractivity contribution in [2.45, 2.75) is 77.4 Å². The van der Waals surface area contributed by atoms with Gasteiger partial charge in [-0.3, -0.25) is 0 Å². The van der Waals surface area contributed by atoms with Gasteiger partial charge in [-0.05, 0) is 55.0 Å². The third-order valence-electron chi connectivity index (χ3n) is 7.64. The Labute approximate surface area is 246 Å². The summed E-state index contributed by atoms with van der Waals surface area (Å²) in [5, 5.41) is 0. The second kappa shape index (κ2) is 15.9. The smallest absolute Gasteiger partial charge is 0.201 e. The Morgan fingerprint density at radius 1 is 0.738 bits per heavy atom. The lowest BCUT2D eigenvalue weighted by atomic mass is 9.94. The summed E-state index contributed by atoms with van der Waals surface area (Å²) >= 11 is 0. The third-order valence-corrected chi connectivity index (χ3v) is 7.64. The fourth-order valence-electron chi connectivity index (χ4n) is 5.18. The average molecular weight is 585 g/mol. The van der Waals surface area contributed by atoms with Crippen LogP contribution in [0.2, 0.25) is 0 Å². The largest absolute Gasteiger partial charge is 0.490 e. The second-order valence-electron chi connectivity index (χ2n) is 10.7. The molecule has 0 radical (unpaired) electrons. The number of benzene rings is 3. The van der Waals surface area contributed by atoms with Crippen LogP contribution in [0.3, 0.4) is 0 Å². The molecule has 3 aromatic carbocycles. The summed E-state index contributed by atoms with van der Waals surface area (Å²) in [5.74, 6) is -4.54. The molecule has 0 amide bonds. The molecule has 0 saturated carbocycles. The van der Waals surface area contributed by atoms with E-state index in [9.17, 15) is 8.78 Å². The summed E-state index contributed by atoms with van der Waals surface area (Å²) < 4.78 is 76.8. The van der Waals surface area contributed by atoms with Crippen LogP contribution in [0.5, 0.6) is 5.75 Å². The molecule has 3 aromatic rings. The Bertz CT molecular complexity index is 1310. The quantitative estimate of drug-likeness (QED) is 0.107. The molecule has 4 rings (SSSR count). The van der Waals surface area contributed by atoms with Crippen LogP contribution >= 0.6 is 0 Å². The zero-order chi connectivity index (χ0) is 29.9. The third kappa shape index (κ3) is 8.01. The monoisotopic (exact) mass is 584 g/mol. The molecule has 1 fully saturated rings. The molecule has 1 heterocycles. The van der Waals surface area contributed by atoms with Gasteiger partial charge in [0.1, 0.15) is 0 Å². The fourth-order valence-corrected chi connectivity index (χ4v) is 5.18. The summed E-state index contributed by atoms with van der Waals surface area (Å²) in [7, 11) is 0. The van der Waals surface area contributed by atoms with E-state index in [1.807, 2.05) is 19.1 Å². The Hall–Kier alpha value is -3.16. The fraction of sp³-hybridized carbons (Fsp3) is 0.429. The van der Waals surface area contributed by atoms with Gasteiger partial charge in [-0.25, -0.2) is 13.2 Å². The number of ether oxygens (including phenoxy) is 3. The number of hydrogen-bond acceptors (Lipinski definition) is 3. The summed E-state index contributed by atoms with van der Waals surface area (Å²) in [6.07, 6.45) is 11.9. The highest BCUT2D eigenvalue weighted by molar-refractivity contribution is 5.72. The maximum Gasteiger partial charge on any atom is 0.201 e. The molecular weight excluding hydrogens is 544 g/mol. The standard InChI is InChI=1S/C35H40F4O3/c1-3-5-7-8-9-10-12-31-41-22-26(23-42-31)29-18-17-27(32(36)33(29)37)24-13-15-25(16-14-24)28-19-20-30(35(39)34(28)38)40-21-11-6-4-2/h4,6,13-20,26,31H,3,5,7-12,21-23H2,1-2H3/b6-4-. The molecule has 0 spiro atoms. The SMILES string of the molecule is C/C=C\CCOc1ccc(-c2ccc(-c3ccc(C4COC(CCCCCCCC)OC4)c(F)c3F)cc2)c(F)c1F. The van der Waals surface area contributed by atoms with Crippen LogP contribution < -0.4 is 4.74 Å². The van der Waals surface area contributed by atoms with Crippen molar-refractivity contribution in [3.63, 3.8) is 0 Å². The van der Waals surface area contributed by atoms with Crippen LogP contribution in [-0.2, 0) is 9.47 Å². The van der Waals surface area contributed by atoms with Crippen molar-refractivity contribution in [2.24, 2.45) is 0 Å². The minimum absolute atomic E-state index is 0.0500. The molecule has 0 aromatic heterocycles. The van der Waals surface area contributed by atoms with Gasteiger partial charge < -0.3 is 14.2 Å². The van der Waals surface area contributed by atoms with Gasteiger partial charge in [0, 0.05) is 17.0 Å². The van der Waals surface area contributed by atoms with E-state index in [-0.39, 0.29) is 48.6 Å². The first kappa shape index (κ1) is 31.8. The molecular formula is C35H40F4O3. The summed E-state index contributed by atoms with van der Waals surface area (Å²) in [6, 6.07) is 12.2. The van der Waals surface area contributed by atoms with Gasteiger partial charge in [-0.1, -0.05) is 87.6 Å². The molecule has 0 unspecified atom stereocenters. The maximum absolute atomic E-state index is 15.2. The minimum atomic E-state index is -1.06. The number of hydrogen-bond donors (Lipinski definition) is 0. The lowest BCUT2D eigenvalue weighted by molar-refractivity contribution is -0.190. The van der Waals surface area contributed by atoms with Crippen molar-refractivity contribution in [3.8, 4) is 28.0 Å². The Kier molecular flexibility index (Phi) is 12.0. The number of rotatable bonds is 14. The predicted octanol–water partition coefficient (Wildman–Crippen LogP) is 10.1. The van der Waals surface area contributed by atoms with E-state index in [1.54, 1.807) is 30.3 Å². The number of unbranched alkanes of at least 4 members (excludes halogenated alkanes) is 5. The molecule has 7 heteroatoms. The summed E-state index contributed by atoms with van der Waals surface area (Å²) in [4.78, 5) is 0. The second-order valence-corrected chi connectivity index (χ2v) is 10.7. The van der Waals surface area contributed by atoms with Crippen LogP contribution in [0, 0.1) is 23.3 Å². The zero-order valence-electron chi connectivity index (χ0n) is 24.4. The van der Waals surface area contributed by atoms with E-state index >= 15 is 8.78 Å². The topological polar surface area (TPSA) is 27.7 Å². The summed E-state index contributed by atoms with van der Waals surface area (Å²) in [5.41, 5.74) is 1.17. The van der Waals surface area contributed by atoms with Crippen LogP contribution in [-0.4, -0.2) is 26.1 Å². The van der Waals surface area contributed by atoms with Crippen molar-refractivity contribution in [3.05, 3.63) is 89.5 Å². The normalized spacial score (nSPS) is 17.2. The van der Waals surface area contributed by atoms with Crippen molar-refractivity contribution < 1.29 is 31.8 Å². The highest BCUT2D eigenvalue weighted by Crippen LogP contribution is 2.35. The molecule has 0 bridgehead atoms. The van der Waals surface area contributed by atoms with Crippen LogP contribution in [0.4, 0.5) is 17.6 Å². The molecule has 42 heavy (non-hydrogen) atoms. The zero-order valence-corrected chi connectivity index (χ0v) is 24.4. The van der Waals surface area contributed by atoms with Crippen molar-refractivity contribution in [1.82, 2.24) is 0 Å².